The zero-order chi connectivity index (χ0) is 13.1. The van der Waals surface area contributed by atoms with Crippen molar-refractivity contribution in [2.45, 2.75) is 13.3 Å². The molecule has 0 saturated carbocycles. The molecule has 0 amide bonds. The molecule has 0 fully saturated rings. The maximum Gasteiger partial charge on any atom is 0.228 e. The van der Waals surface area contributed by atoms with Gasteiger partial charge in [-0.05, 0) is 25.1 Å². The molecule has 0 aliphatic carbocycles. The minimum absolute atomic E-state index is 0.00393. The summed E-state index contributed by atoms with van der Waals surface area (Å²) >= 11 is 5.67. The Morgan fingerprint density at radius 2 is 2.33 bits per heavy atom. The predicted octanol–water partition coefficient (Wildman–Crippen LogP) is 3.23. The minimum atomic E-state index is -0.498. The molecular weight excluding hydrogens is 257 g/mol. The molecule has 0 saturated heterocycles. The van der Waals surface area contributed by atoms with Crippen molar-refractivity contribution in [2.75, 3.05) is 0 Å². The number of hydrogen-bond donors (Lipinski definition) is 0. The van der Waals surface area contributed by atoms with Crippen molar-refractivity contribution < 1.29 is 8.91 Å². The average Bonchev–Trinajstić information content (AvgIpc) is 2.81. The largest absolute Gasteiger partial charge is 0.339 e. The second-order valence-corrected chi connectivity index (χ2v) is 4.28. The van der Waals surface area contributed by atoms with Crippen molar-refractivity contribution in [1.29, 1.82) is 5.26 Å². The molecule has 0 aliphatic heterocycles. The van der Waals surface area contributed by atoms with Gasteiger partial charge in [-0.2, -0.15) is 10.2 Å². The van der Waals surface area contributed by atoms with Crippen molar-refractivity contribution >= 4 is 11.6 Å². The fourth-order valence-corrected chi connectivity index (χ4v) is 1.58. The Hall–Kier alpha value is -1.93. The lowest BCUT2D eigenvalue weighted by atomic mass is 10.1. The molecule has 1 aromatic heterocycles. The SMILES string of the molecule is CC(C#N)Cc1nc(-c2ccc(F)c(Cl)c2)no1. The van der Waals surface area contributed by atoms with Crippen LogP contribution in [0.5, 0.6) is 0 Å². The highest BCUT2D eigenvalue weighted by Gasteiger charge is 2.12. The number of aromatic nitrogens is 2. The number of rotatable bonds is 3. The van der Waals surface area contributed by atoms with E-state index >= 15 is 0 Å². The Balaban J connectivity index is 2.24. The van der Waals surface area contributed by atoms with Crippen molar-refractivity contribution in [2.24, 2.45) is 5.92 Å². The van der Waals surface area contributed by atoms with E-state index in [0.29, 0.717) is 23.7 Å². The van der Waals surface area contributed by atoms with E-state index in [4.69, 9.17) is 21.4 Å². The smallest absolute Gasteiger partial charge is 0.228 e. The van der Waals surface area contributed by atoms with Gasteiger partial charge in [0, 0.05) is 12.0 Å². The molecule has 2 aromatic rings. The molecule has 1 atom stereocenters. The van der Waals surface area contributed by atoms with Crippen LogP contribution in [0.15, 0.2) is 22.7 Å². The molecule has 1 aromatic carbocycles. The van der Waals surface area contributed by atoms with Crippen LogP contribution < -0.4 is 0 Å². The molecule has 1 unspecified atom stereocenters. The minimum Gasteiger partial charge on any atom is -0.339 e. The van der Waals surface area contributed by atoms with Crippen LogP contribution in [0, 0.1) is 23.1 Å². The molecule has 0 aliphatic rings. The molecule has 0 radical (unpaired) electrons. The molecule has 0 bridgehead atoms. The number of halogens is 2. The van der Waals surface area contributed by atoms with Gasteiger partial charge < -0.3 is 4.52 Å². The number of hydrogen-bond acceptors (Lipinski definition) is 4. The fourth-order valence-electron chi connectivity index (χ4n) is 1.40. The third kappa shape index (κ3) is 2.66. The third-order valence-electron chi connectivity index (χ3n) is 2.35. The topological polar surface area (TPSA) is 62.7 Å². The van der Waals surface area contributed by atoms with Gasteiger partial charge >= 0.3 is 0 Å². The zero-order valence-corrected chi connectivity index (χ0v) is 10.3. The highest BCUT2D eigenvalue weighted by Crippen LogP contribution is 2.23. The molecular formula is C12H9ClFN3O. The van der Waals surface area contributed by atoms with Crippen LogP contribution in [0.4, 0.5) is 4.39 Å². The first-order chi connectivity index (χ1) is 8.60. The Morgan fingerprint density at radius 3 is 3.00 bits per heavy atom. The van der Waals surface area contributed by atoms with E-state index in [2.05, 4.69) is 16.2 Å². The van der Waals surface area contributed by atoms with Crippen molar-refractivity contribution in [3.05, 3.63) is 34.9 Å². The standard InChI is InChI=1S/C12H9ClFN3O/c1-7(6-15)4-11-16-12(17-18-11)8-2-3-10(14)9(13)5-8/h2-3,5,7H,4H2,1H3. The molecule has 0 spiro atoms. The summed E-state index contributed by atoms with van der Waals surface area (Å²) in [5.74, 6) is 0.00822. The lowest BCUT2D eigenvalue weighted by Crippen LogP contribution is -1.96. The second kappa shape index (κ2) is 5.15. The van der Waals surface area contributed by atoms with Gasteiger partial charge in [0.25, 0.3) is 0 Å². The zero-order valence-electron chi connectivity index (χ0n) is 9.52. The Kier molecular flexibility index (Phi) is 3.58. The molecule has 92 valence electrons. The summed E-state index contributed by atoms with van der Waals surface area (Å²) in [6, 6.07) is 6.27. The van der Waals surface area contributed by atoms with Gasteiger partial charge in [-0.15, -0.1) is 0 Å². The summed E-state index contributed by atoms with van der Waals surface area (Å²) in [6.45, 7) is 1.76. The summed E-state index contributed by atoms with van der Waals surface area (Å²) in [4.78, 5) is 4.13. The van der Waals surface area contributed by atoms with Crippen LogP contribution in [-0.4, -0.2) is 10.1 Å². The highest BCUT2D eigenvalue weighted by molar-refractivity contribution is 6.31. The number of nitriles is 1. The Bertz CT molecular complexity index is 606. The average molecular weight is 266 g/mol. The second-order valence-electron chi connectivity index (χ2n) is 3.87. The van der Waals surface area contributed by atoms with Crippen LogP contribution in [0.25, 0.3) is 11.4 Å². The Labute approximate surface area is 108 Å². The van der Waals surface area contributed by atoms with Crippen LogP contribution in [0.3, 0.4) is 0 Å². The maximum atomic E-state index is 13.0. The van der Waals surface area contributed by atoms with E-state index in [1.165, 1.54) is 18.2 Å². The van der Waals surface area contributed by atoms with Crippen LogP contribution >= 0.6 is 11.6 Å². The van der Waals surface area contributed by atoms with Crippen molar-refractivity contribution in [3.63, 3.8) is 0 Å². The van der Waals surface area contributed by atoms with Gasteiger partial charge in [-0.25, -0.2) is 4.39 Å². The number of benzene rings is 1. The van der Waals surface area contributed by atoms with Crippen LogP contribution in [0.1, 0.15) is 12.8 Å². The molecule has 0 N–H and O–H groups in total. The van der Waals surface area contributed by atoms with Gasteiger partial charge in [-0.3, -0.25) is 0 Å². The lowest BCUT2D eigenvalue weighted by Gasteiger charge is -1.96. The van der Waals surface area contributed by atoms with Gasteiger partial charge in [-0.1, -0.05) is 16.8 Å². The summed E-state index contributed by atoms with van der Waals surface area (Å²) < 4.78 is 18.0. The molecule has 18 heavy (non-hydrogen) atoms. The number of nitrogens with zero attached hydrogens (tertiary/aromatic N) is 3. The quantitative estimate of drug-likeness (QED) is 0.855. The van der Waals surface area contributed by atoms with Gasteiger partial charge in [0.2, 0.25) is 11.7 Å². The first-order valence-electron chi connectivity index (χ1n) is 5.27. The van der Waals surface area contributed by atoms with Crippen LogP contribution in [0.2, 0.25) is 5.02 Å². The summed E-state index contributed by atoms with van der Waals surface area (Å²) in [6.07, 6.45) is 0.387. The normalized spacial score (nSPS) is 12.1. The summed E-state index contributed by atoms with van der Waals surface area (Å²) in [5, 5.41) is 12.5. The molecule has 1 heterocycles. The van der Waals surface area contributed by atoms with Gasteiger partial charge in [0.15, 0.2) is 0 Å². The van der Waals surface area contributed by atoms with Gasteiger partial charge in [0.05, 0.1) is 17.0 Å². The van der Waals surface area contributed by atoms with Crippen molar-refractivity contribution in [3.8, 4) is 17.5 Å². The monoisotopic (exact) mass is 265 g/mol. The molecule has 4 nitrogen and oxygen atoms in total. The van der Waals surface area contributed by atoms with Gasteiger partial charge in [0.1, 0.15) is 5.82 Å². The molecule has 2 rings (SSSR count). The van der Waals surface area contributed by atoms with Crippen LogP contribution in [-0.2, 0) is 6.42 Å². The molecule has 6 heteroatoms. The predicted molar refractivity (Wildman–Crippen MR) is 63.2 cm³/mol. The van der Waals surface area contributed by atoms with E-state index in [-0.39, 0.29) is 10.9 Å². The van der Waals surface area contributed by atoms with E-state index < -0.39 is 5.82 Å². The lowest BCUT2D eigenvalue weighted by molar-refractivity contribution is 0.369. The fraction of sp³-hybridized carbons (Fsp3) is 0.250. The maximum absolute atomic E-state index is 13.0. The summed E-state index contributed by atoms with van der Waals surface area (Å²) in [5.41, 5.74) is 0.570. The Morgan fingerprint density at radius 1 is 1.56 bits per heavy atom. The van der Waals surface area contributed by atoms with E-state index in [9.17, 15) is 4.39 Å². The van der Waals surface area contributed by atoms with E-state index in [1.807, 2.05) is 0 Å². The highest BCUT2D eigenvalue weighted by atomic mass is 35.5. The van der Waals surface area contributed by atoms with E-state index in [0.717, 1.165) is 0 Å². The first-order valence-corrected chi connectivity index (χ1v) is 5.65. The van der Waals surface area contributed by atoms with E-state index in [1.54, 1.807) is 6.92 Å². The summed E-state index contributed by atoms with van der Waals surface area (Å²) in [7, 11) is 0. The third-order valence-corrected chi connectivity index (χ3v) is 2.64. The van der Waals surface area contributed by atoms with Crippen molar-refractivity contribution in [1.82, 2.24) is 10.1 Å². The first kappa shape index (κ1) is 12.5.